The molecule has 0 spiro atoms. The van der Waals surface area contributed by atoms with E-state index in [4.69, 9.17) is 9.47 Å². The van der Waals surface area contributed by atoms with E-state index in [2.05, 4.69) is 0 Å². The van der Waals surface area contributed by atoms with Crippen LogP contribution in [-0.4, -0.2) is 19.2 Å². The van der Waals surface area contributed by atoms with Crippen LogP contribution in [0, 0.1) is 6.92 Å². The summed E-state index contributed by atoms with van der Waals surface area (Å²) in [4.78, 5) is 11.0. The Morgan fingerprint density at radius 2 is 2.05 bits per heavy atom. The summed E-state index contributed by atoms with van der Waals surface area (Å²) in [5.41, 5.74) is -0.0784. The van der Waals surface area contributed by atoms with Crippen LogP contribution in [0.4, 0.5) is 13.2 Å². The van der Waals surface area contributed by atoms with Gasteiger partial charge in [-0.15, -0.1) is 0 Å². The molecule has 122 valence electrons. The maximum absolute atomic E-state index is 12.6. The van der Waals surface area contributed by atoms with Crippen LogP contribution in [0.2, 0.25) is 0 Å². The van der Waals surface area contributed by atoms with Gasteiger partial charge in [0.05, 0.1) is 18.8 Å². The molecule has 0 bridgehead atoms. The van der Waals surface area contributed by atoms with Crippen molar-refractivity contribution < 1.29 is 27.4 Å². The predicted molar refractivity (Wildman–Crippen MR) is 76.7 cm³/mol. The number of halogens is 3. The number of carbonyl (C=O) groups is 1. The van der Waals surface area contributed by atoms with Gasteiger partial charge in [0, 0.05) is 6.08 Å². The predicted octanol–water partition coefficient (Wildman–Crippen LogP) is 4.29. The molecule has 0 aliphatic heterocycles. The highest BCUT2D eigenvalue weighted by molar-refractivity contribution is 5.81. The van der Waals surface area contributed by atoms with E-state index in [1.807, 2.05) is 0 Å². The molecule has 3 nitrogen and oxygen atoms in total. The van der Waals surface area contributed by atoms with Gasteiger partial charge >= 0.3 is 12.1 Å². The Morgan fingerprint density at radius 3 is 2.68 bits per heavy atom. The number of benzene rings is 1. The highest BCUT2D eigenvalue weighted by atomic mass is 19.4. The lowest BCUT2D eigenvalue weighted by molar-refractivity contribution is -0.138. The van der Waals surface area contributed by atoms with E-state index in [0.29, 0.717) is 25.0 Å². The molecule has 0 radical (unpaired) electrons. The quantitative estimate of drug-likeness (QED) is 0.427. The first-order valence-electron chi connectivity index (χ1n) is 6.98. The van der Waals surface area contributed by atoms with Gasteiger partial charge in [-0.3, -0.25) is 0 Å². The molecule has 6 heteroatoms. The molecule has 0 saturated heterocycles. The van der Waals surface area contributed by atoms with Gasteiger partial charge in [0.2, 0.25) is 0 Å². The van der Waals surface area contributed by atoms with Crippen molar-refractivity contribution in [1.29, 1.82) is 0 Å². The minimum atomic E-state index is -4.38. The molecule has 0 aliphatic carbocycles. The molecule has 1 aromatic rings. The topological polar surface area (TPSA) is 35.5 Å². The fourth-order valence-corrected chi connectivity index (χ4v) is 1.69. The van der Waals surface area contributed by atoms with Gasteiger partial charge in [0.15, 0.2) is 0 Å². The number of rotatable bonds is 7. The Kier molecular flexibility index (Phi) is 6.95. The summed E-state index contributed by atoms with van der Waals surface area (Å²) in [6.45, 7) is 4.00. The molecule has 0 aliphatic rings. The number of aryl methyl sites for hydroxylation is 1. The normalized spacial score (nSPS) is 11.7. The molecular formula is C16H19F3O3. The van der Waals surface area contributed by atoms with Gasteiger partial charge in [-0.05, 0) is 44.4 Å². The van der Waals surface area contributed by atoms with Crippen LogP contribution in [0.5, 0.6) is 5.75 Å². The van der Waals surface area contributed by atoms with Gasteiger partial charge in [-0.25, -0.2) is 4.79 Å². The molecule has 0 unspecified atom stereocenters. The van der Waals surface area contributed by atoms with Crippen LogP contribution in [-0.2, 0) is 15.7 Å². The van der Waals surface area contributed by atoms with Gasteiger partial charge in [-0.2, -0.15) is 13.2 Å². The third-order valence-corrected chi connectivity index (χ3v) is 2.83. The lowest BCUT2D eigenvalue weighted by atomic mass is 10.1. The van der Waals surface area contributed by atoms with E-state index in [9.17, 15) is 18.0 Å². The first-order chi connectivity index (χ1) is 10.3. The van der Waals surface area contributed by atoms with Gasteiger partial charge in [-0.1, -0.05) is 12.1 Å². The summed E-state index contributed by atoms with van der Waals surface area (Å²) >= 11 is 0. The summed E-state index contributed by atoms with van der Waals surface area (Å²) in [5.74, 6) is -0.179. The second-order valence-corrected chi connectivity index (χ2v) is 4.62. The highest BCUT2D eigenvalue weighted by Gasteiger charge is 2.30. The van der Waals surface area contributed by atoms with Crippen molar-refractivity contribution >= 4 is 5.97 Å². The monoisotopic (exact) mass is 316 g/mol. The Bertz CT molecular complexity index is 522. The van der Waals surface area contributed by atoms with Crippen LogP contribution in [0.25, 0.3) is 0 Å². The third-order valence-electron chi connectivity index (χ3n) is 2.83. The van der Waals surface area contributed by atoms with Crippen molar-refractivity contribution in [2.45, 2.75) is 32.9 Å². The molecule has 1 aromatic carbocycles. The maximum atomic E-state index is 12.6. The Labute approximate surface area is 127 Å². The number of carbonyl (C=O) groups excluding carboxylic acids is 1. The third kappa shape index (κ3) is 6.20. The SMILES string of the molecule is CCOC(=O)/C=C/CCCOc1cc(C(F)(F)F)ccc1C. The van der Waals surface area contributed by atoms with Crippen molar-refractivity contribution in [2.24, 2.45) is 0 Å². The molecule has 0 heterocycles. The molecule has 0 aromatic heterocycles. The van der Waals surface area contributed by atoms with Gasteiger partial charge in [0.25, 0.3) is 0 Å². The van der Waals surface area contributed by atoms with Crippen molar-refractivity contribution in [2.75, 3.05) is 13.2 Å². The van der Waals surface area contributed by atoms with Crippen LogP contribution in [0.15, 0.2) is 30.4 Å². The maximum Gasteiger partial charge on any atom is 0.416 e. The molecule has 0 amide bonds. The summed E-state index contributed by atoms with van der Waals surface area (Å²) in [6, 6.07) is 3.42. The Balaban J connectivity index is 2.44. The Morgan fingerprint density at radius 1 is 1.32 bits per heavy atom. The molecule has 0 atom stereocenters. The van der Waals surface area contributed by atoms with Crippen molar-refractivity contribution in [3.05, 3.63) is 41.5 Å². The van der Waals surface area contributed by atoms with Crippen molar-refractivity contribution in [1.82, 2.24) is 0 Å². The molecule has 22 heavy (non-hydrogen) atoms. The molecular weight excluding hydrogens is 297 g/mol. The van der Waals surface area contributed by atoms with E-state index in [1.165, 1.54) is 12.1 Å². The number of allylic oxidation sites excluding steroid dienone is 1. The number of alkyl halides is 3. The number of hydrogen-bond donors (Lipinski definition) is 0. The van der Waals surface area contributed by atoms with E-state index >= 15 is 0 Å². The standard InChI is InChI=1S/C16H19F3O3/c1-3-21-15(20)7-5-4-6-10-22-14-11-13(16(17,18)19)9-8-12(14)2/h5,7-9,11H,3-4,6,10H2,1-2H3/b7-5+. The average Bonchev–Trinajstić information content (AvgIpc) is 2.43. The minimum Gasteiger partial charge on any atom is -0.493 e. The summed E-state index contributed by atoms with van der Waals surface area (Å²) in [7, 11) is 0. The summed E-state index contributed by atoms with van der Waals surface area (Å²) in [5, 5.41) is 0. The zero-order valence-electron chi connectivity index (χ0n) is 12.6. The lowest BCUT2D eigenvalue weighted by Crippen LogP contribution is -2.06. The molecule has 0 saturated carbocycles. The van der Waals surface area contributed by atoms with Crippen molar-refractivity contribution in [3.63, 3.8) is 0 Å². The zero-order valence-corrected chi connectivity index (χ0v) is 12.6. The van der Waals surface area contributed by atoms with E-state index in [1.54, 1.807) is 19.9 Å². The fourth-order valence-electron chi connectivity index (χ4n) is 1.69. The summed E-state index contributed by atoms with van der Waals surface area (Å²) in [6.07, 6.45) is -0.226. The zero-order chi connectivity index (χ0) is 16.6. The number of unbranched alkanes of at least 4 members (excludes halogenated alkanes) is 1. The fraction of sp³-hybridized carbons (Fsp3) is 0.438. The number of esters is 1. The first-order valence-corrected chi connectivity index (χ1v) is 6.98. The number of hydrogen-bond acceptors (Lipinski definition) is 3. The van der Waals surface area contributed by atoms with Crippen LogP contribution in [0.1, 0.15) is 30.9 Å². The molecule has 0 N–H and O–H groups in total. The Hall–Kier alpha value is -1.98. The van der Waals surface area contributed by atoms with E-state index < -0.39 is 17.7 Å². The molecule has 0 fully saturated rings. The molecule has 1 rings (SSSR count). The average molecular weight is 316 g/mol. The summed E-state index contributed by atoms with van der Waals surface area (Å²) < 4.78 is 47.9. The van der Waals surface area contributed by atoms with Crippen LogP contribution in [0.3, 0.4) is 0 Å². The van der Waals surface area contributed by atoms with E-state index in [-0.39, 0.29) is 12.4 Å². The van der Waals surface area contributed by atoms with Crippen molar-refractivity contribution in [3.8, 4) is 5.75 Å². The second-order valence-electron chi connectivity index (χ2n) is 4.62. The van der Waals surface area contributed by atoms with Gasteiger partial charge in [0.1, 0.15) is 5.75 Å². The first kappa shape index (κ1) is 18.1. The number of ether oxygens (including phenoxy) is 2. The second kappa shape index (κ2) is 8.46. The smallest absolute Gasteiger partial charge is 0.416 e. The highest BCUT2D eigenvalue weighted by Crippen LogP contribution is 2.32. The lowest BCUT2D eigenvalue weighted by Gasteiger charge is -2.12. The van der Waals surface area contributed by atoms with E-state index in [0.717, 1.165) is 12.1 Å². The van der Waals surface area contributed by atoms with Crippen LogP contribution < -0.4 is 4.74 Å². The van der Waals surface area contributed by atoms with Crippen LogP contribution >= 0.6 is 0 Å². The largest absolute Gasteiger partial charge is 0.493 e. The van der Waals surface area contributed by atoms with Gasteiger partial charge < -0.3 is 9.47 Å². The minimum absolute atomic E-state index is 0.226.